The molecule has 2 aromatic rings. The van der Waals surface area contributed by atoms with Crippen LogP contribution in [0, 0.1) is 5.92 Å². The van der Waals surface area contributed by atoms with E-state index >= 15 is 0 Å². The van der Waals surface area contributed by atoms with E-state index in [0.29, 0.717) is 13.0 Å². The highest BCUT2D eigenvalue weighted by atomic mass is 16.3. The number of aliphatic hydroxyl groups excluding tert-OH is 1. The second-order valence-electron chi connectivity index (χ2n) is 7.82. The molecular formula is C23H27N3O3. The highest BCUT2D eigenvalue weighted by Gasteiger charge is 2.49. The van der Waals surface area contributed by atoms with Gasteiger partial charge in [-0.05, 0) is 17.5 Å². The lowest BCUT2D eigenvalue weighted by atomic mass is 9.92. The molecule has 0 aliphatic carbocycles. The Hall–Kier alpha value is -2.70. The minimum Gasteiger partial charge on any atom is -0.395 e. The Bertz CT molecular complexity index is 843. The normalized spacial score (nSPS) is 24.4. The summed E-state index contributed by atoms with van der Waals surface area (Å²) in [6, 6.07) is 19.7. The molecule has 6 heteroatoms. The summed E-state index contributed by atoms with van der Waals surface area (Å²) in [5.41, 5.74) is 2.17. The quantitative estimate of drug-likeness (QED) is 0.782. The maximum atomic E-state index is 13.2. The molecule has 2 aliphatic rings. The molecule has 0 radical (unpaired) electrons. The van der Waals surface area contributed by atoms with E-state index in [2.05, 4.69) is 22.3 Å². The van der Waals surface area contributed by atoms with Crippen LogP contribution < -0.4 is 5.32 Å². The topological polar surface area (TPSA) is 72.9 Å². The van der Waals surface area contributed by atoms with E-state index in [1.54, 1.807) is 0 Å². The van der Waals surface area contributed by atoms with Gasteiger partial charge in [-0.2, -0.15) is 0 Å². The molecule has 2 N–H and O–H groups in total. The van der Waals surface area contributed by atoms with Gasteiger partial charge in [-0.3, -0.25) is 14.5 Å². The Balaban J connectivity index is 1.57. The first-order chi connectivity index (χ1) is 14.2. The first kappa shape index (κ1) is 19.6. The van der Waals surface area contributed by atoms with Gasteiger partial charge in [-0.1, -0.05) is 60.7 Å². The van der Waals surface area contributed by atoms with E-state index < -0.39 is 0 Å². The van der Waals surface area contributed by atoms with Gasteiger partial charge in [0.25, 0.3) is 0 Å². The molecule has 2 aliphatic heterocycles. The van der Waals surface area contributed by atoms with Crippen molar-refractivity contribution in [1.29, 1.82) is 0 Å². The third-order valence-corrected chi connectivity index (χ3v) is 5.85. The number of fused-ring (bicyclic) bond motifs is 1. The number of rotatable bonds is 6. The Labute approximate surface area is 171 Å². The van der Waals surface area contributed by atoms with Crippen LogP contribution in [0.1, 0.15) is 23.6 Å². The standard InChI is InChI=1S/C23H27N3O3/c27-12-11-24-23(29)20-13-19-15-25(14-17-7-3-1-4-8-17)16-21(28)26(19)22(20)18-9-5-2-6-10-18/h1-10,19-20,22,27H,11-16H2,(H,24,29)/t19-,20-,22-/m1/s1. The molecule has 2 saturated heterocycles. The largest absolute Gasteiger partial charge is 0.395 e. The van der Waals surface area contributed by atoms with Gasteiger partial charge in [0.1, 0.15) is 0 Å². The minimum absolute atomic E-state index is 0.00930. The van der Waals surface area contributed by atoms with E-state index in [-0.39, 0.29) is 43.0 Å². The third-order valence-electron chi connectivity index (χ3n) is 5.85. The van der Waals surface area contributed by atoms with Crippen LogP contribution in [-0.4, -0.2) is 59.0 Å². The summed E-state index contributed by atoms with van der Waals surface area (Å²) in [5.74, 6) is -0.331. The van der Waals surface area contributed by atoms with Crippen molar-refractivity contribution in [2.24, 2.45) is 5.92 Å². The summed E-state index contributed by atoms with van der Waals surface area (Å²) in [4.78, 5) is 30.1. The zero-order chi connectivity index (χ0) is 20.2. The van der Waals surface area contributed by atoms with Crippen LogP contribution in [0.2, 0.25) is 0 Å². The number of hydrogen-bond acceptors (Lipinski definition) is 4. The molecule has 152 valence electrons. The van der Waals surface area contributed by atoms with Crippen LogP contribution >= 0.6 is 0 Å². The lowest BCUT2D eigenvalue weighted by molar-refractivity contribution is -0.141. The molecule has 2 aromatic carbocycles. The molecule has 0 saturated carbocycles. The minimum atomic E-state index is -0.311. The van der Waals surface area contributed by atoms with E-state index in [0.717, 1.165) is 18.7 Å². The summed E-state index contributed by atoms with van der Waals surface area (Å²) in [6.07, 6.45) is 0.633. The van der Waals surface area contributed by atoms with Crippen molar-refractivity contribution in [1.82, 2.24) is 15.1 Å². The van der Waals surface area contributed by atoms with Gasteiger partial charge in [0.2, 0.25) is 11.8 Å². The summed E-state index contributed by atoms with van der Waals surface area (Å²) in [5, 5.41) is 11.9. The van der Waals surface area contributed by atoms with Crippen LogP contribution in [0.4, 0.5) is 0 Å². The van der Waals surface area contributed by atoms with E-state index in [1.165, 1.54) is 5.56 Å². The van der Waals surface area contributed by atoms with Crippen molar-refractivity contribution in [2.45, 2.75) is 25.0 Å². The van der Waals surface area contributed by atoms with Crippen LogP contribution in [-0.2, 0) is 16.1 Å². The van der Waals surface area contributed by atoms with E-state index in [1.807, 2.05) is 53.4 Å². The van der Waals surface area contributed by atoms with Gasteiger partial charge in [0.15, 0.2) is 0 Å². The van der Waals surface area contributed by atoms with Crippen molar-refractivity contribution < 1.29 is 14.7 Å². The summed E-state index contributed by atoms with van der Waals surface area (Å²) in [6.45, 7) is 1.99. The summed E-state index contributed by atoms with van der Waals surface area (Å²) in [7, 11) is 0. The second kappa shape index (κ2) is 8.76. The fraction of sp³-hybridized carbons (Fsp3) is 0.391. The molecule has 6 nitrogen and oxygen atoms in total. The number of benzene rings is 2. The SMILES string of the molecule is O=C(NCCO)[C@@H]1C[C@@H]2CN(Cc3ccccc3)CC(=O)N2[C@@H]1c1ccccc1. The lowest BCUT2D eigenvalue weighted by Crippen LogP contribution is -2.54. The number of carbonyl (C=O) groups is 2. The molecule has 0 unspecified atom stereocenters. The lowest BCUT2D eigenvalue weighted by Gasteiger charge is -2.40. The van der Waals surface area contributed by atoms with Gasteiger partial charge in [0, 0.05) is 25.7 Å². The number of aliphatic hydroxyl groups is 1. The number of hydrogen-bond donors (Lipinski definition) is 2. The molecule has 2 heterocycles. The van der Waals surface area contributed by atoms with E-state index in [4.69, 9.17) is 5.11 Å². The molecule has 0 spiro atoms. The molecule has 3 atom stereocenters. The number of carbonyl (C=O) groups excluding carboxylic acids is 2. The number of piperazine rings is 1. The summed E-state index contributed by atoms with van der Waals surface area (Å²) < 4.78 is 0. The monoisotopic (exact) mass is 393 g/mol. The van der Waals surface area contributed by atoms with Gasteiger partial charge < -0.3 is 15.3 Å². The van der Waals surface area contributed by atoms with Crippen molar-refractivity contribution in [2.75, 3.05) is 26.2 Å². The van der Waals surface area contributed by atoms with Crippen LogP contribution in [0.15, 0.2) is 60.7 Å². The molecule has 0 bridgehead atoms. The van der Waals surface area contributed by atoms with Crippen molar-refractivity contribution in [3.05, 3.63) is 71.8 Å². The highest BCUT2D eigenvalue weighted by molar-refractivity contribution is 5.85. The fourth-order valence-electron chi connectivity index (χ4n) is 4.68. The Morgan fingerprint density at radius 3 is 2.45 bits per heavy atom. The predicted molar refractivity (Wildman–Crippen MR) is 110 cm³/mol. The number of nitrogens with zero attached hydrogens (tertiary/aromatic N) is 2. The first-order valence-electron chi connectivity index (χ1n) is 10.2. The van der Waals surface area contributed by atoms with E-state index in [9.17, 15) is 9.59 Å². The third kappa shape index (κ3) is 4.18. The molecular weight excluding hydrogens is 366 g/mol. The molecule has 2 fully saturated rings. The molecule has 2 amide bonds. The maximum Gasteiger partial charge on any atom is 0.237 e. The fourth-order valence-corrected chi connectivity index (χ4v) is 4.68. The van der Waals surface area contributed by atoms with Gasteiger partial charge in [0.05, 0.1) is 25.1 Å². The smallest absolute Gasteiger partial charge is 0.237 e. The first-order valence-corrected chi connectivity index (χ1v) is 10.2. The average molecular weight is 393 g/mol. The van der Waals surface area contributed by atoms with Crippen molar-refractivity contribution in [3.63, 3.8) is 0 Å². The van der Waals surface area contributed by atoms with Crippen molar-refractivity contribution >= 4 is 11.8 Å². The predicted octanol–water partition coefficient (Wildman–Crippen LogP) is 1.57. The zero-order valence-electron chi connectivity index (χ0n) is 16.4. The Kier molecular flexibility index (Phi) is 5.92. The van der Waals surface area contributed by atoms with Gasteiger partial charge in [-0.25, -0.2) is 0 Å². The van der Waals surface area contributed by atoms with Crippen LogP contribution in [0.5, 0.6) is 0 Å². The maximum absolute atomic E-state index is 13.2. The average Bonchev–Trinajstić information content (AvgIpc) is 3.13. The Morgan fingerprint density at radius 2 is 1.76 bits per heavy atom. The van der Waals surface area contributed by atoms with Crippen LogP contribution in [0.25, 0.3) is 0 Å². The van der Waals surface area contributed by atoms with Gasteiger partial charge in [-0.15, -0.1) is 0 Å². The summed E-state index contributed by atoms with van der Waals surface area (Å²) >= 11 is 0. The van der Waals surface area contributed by atoms with Gasteiger partial charge >= 0.3 is 0 Å². The zero-order valence-corrected chi connectivity index (χ0v) is 16.4. The Morgan fingerprint density at radius 1 is 1.07 bits per heavy atom. The molecule has 4 rings (SSSR count). The number of nitrogens with one attached hydrogen (secondary N) is 1. The van der Waals surface area contributed by atoms with Crippen LogP contribution in [0.3, 0.4) is 0 Å². The van der Waals surface area contributed by atoms with Crippen molar-refractivity contribution in [3.8, 4) is 0 Å². The second-order valence-corrected chi connectivity index (χ2v) is 7.82. The number of amides is 2. The molecule has 29 heavy (non-hydrogen) atoms. The molecule has 0 aromatic heterocycles. The highest BCUT2D eigenvalue weighted by Crippen LogP contribution is 2.43.